The molecule has 1 aliphatic heterocycles. The summed E-state index contributed by atoms with van der Waals surface area (Å²) >= 11 is 0. The molecular formula is C14H24N4O2. The van der Waals surface area contributed by atoms with Gasteiger partial charge in [0.15, 0.2) is 0 Å². The Bertz CT molecular complexity index is 421. The first-order chi connectivity index (χ1) is 9.65. The number of H-pyrrole nitrogens is 1. The Labute approximate surface area is 120 Å². The number of piperazine rings is 1. The van der Waals surface area contributed by atoms with Gasteiger partial charge >= 0.3 is 0 Å². The third-order valence-corrected chi connectivity index (χ3v) is 3.95. The number of amides is 1. The number of aromatic amines is 1. The zero-order chi connectivity index (χ0) is 14.5. The summed E-state index contributed by atoms with van der Waals surface area (Å²) < 4.78 is 5.18. The quantitative estimate of drug-likeness (QED) is 0.875. The number of hydrogen-bond donors (Lipinski definition) is 1. The molecule has 1 amide bonds. The molecule has 6 heteroatoms. The Kier molecular flexibility index (Phi) is 5.14. The monoisotopic (exact) mass is 280 g/mol. The second-order valence-corrected chi connectivity index (χ2v) is 5.21. The highest BCUT2D eigenvalue weighted by atomic mass is 16.5. The zero-order valence-electron chi connectivity index (χ0n) is 12.5. The number of nitrogens with one attached hydrogen (secondary N) is 1. The summed E-state index contributed by atoms with van der Waals surface area (Å²) in [5, 5.41) is 0. The molecule has 2 heterocycles. The molecule has 0 radical (unpaired) electrons. The summed E-state index contributed by atoms with van der Waals surface area (Å²) in [4.78, 5) is 24.1. The molecule has 0 bridgehead atoms. The topological polar surface area (TPSA) is 61.5 Å². The van der Waals surface area contributed by atoms with Crippen molar-refractivity contribution in [3.05, 3.63) is 18.2 Å². The number of rotatable bonds is 5. The third kappa shape index (κ3) is 3.37. The number of methoxy groups -OCH3 is 1. The number of carbonyl (C=O) groups is 1. The zero-order valence-corrected chi connectivity index (χ0v) is 12.5. The summed E-state index contributed by atoms with van der Waals surface area (Å²) in [5.41, 5.74) is 0. The molecule has 1 aliphatic rings. The van der Waals surface area contributed by atoms with E-state index in [2.05, 4.69) is 21.8 Å². The second-order valence-electron chi connectivity index (χ2n) is 5.21. The SMILES string of the molecule is CCN1CCN(C(=O)C[C@H](C)OC)C[C@H]1c1ncc[nH]1. The fourth-order valence-corrected chi connectivity index (χ4v) is 2.60. The van der Waals surface area contributed by atoms with Crippen molar-refractivity contribution in [2.45, 2.75) is 32.4 Å². The first-order valence-corrected chi connectivity index (χ1v) is 7.19. The minimum atomic E-state index is -0.0335. The highest BCUT2D eigenvalue weighted by Crippen LogP contribution is 2.23. The molecule has 20 heavy (non-hydrogen) atoms. The van der Waals surface area contributed by atoms with Crippen molar-refractivity contribution in [3.8, 4) is 0 Å². The number of hydrogen-bond acceptors (Lipinski definition) is 4. The van der Waals surface area contributed by atoms with Gasteiger partial charge in [-0.15, -0.1) is 0 Å². The lowest BCUT2D eigenvalue weighted by Crippen LogP contribution is -2.51. The highest BCUT2D eigenvalue weighted by Gasteiger charge is 2.31. The van der Waals surface area contributed by atoms with Gasteiger partial charge in [0, 0.05) is 39.1 Å². The predicted octanol–water partition coefficient (Wildman–Crippen LogP) is 1.04. The molecule has 0 spiro atoms. The van der Waals surface area contributed by atoms with Gasteiger partial charge in [-0.2, -0.15) is 0 Å². The van der Waals surface area contributed by atoms with Gasteiger partial charge in [-0.25, -0.2) is 4.98 Å². The van der Waals surface area contributed by atoms with Crippen LogP contribution < -0.4 is 0 Å². The van der Waals surface area contributed by atoms with Gasteiger partial charge in [-0.3, -0.25) is 9.69 Å². The molecule has 1 N–H and O–H groups in total. The summed E-state index contributed by atoms with van der Waals surface area (Å²) in [5.74, 6) is 1.09. The molecule has 0 unspecified atom stereocenters. The van der Waals surface area contributed by atoms with Crippen molar-refractivity contribution >= 4 is 5.91 Å². The molecular weight excluding hydrogens is 256 g/mol. The number of nitrogens with zero attached hydrogens (tertiary/aromatic N) is 3. The maximum atomic E-state index is 12.3. The van der Waals surface area contributed by atoms with Crippen LogP contribution in [-0.2, 0) is 9.53 Å². The molecule has 1 aromatic rings. The number of carbonyl (C=O) groups excluding carboxylic acids is 1. The van der Waals surface area contributed by atoms with Gasteiger partial charge in [0.2, 0.25) is 5.91 Å². The number of aromatic nitrogens is 2. The fraction of sp³-hybridized carbons (Fsp3) is 0.714. The predicted molar refractivity (Wildman–Crippen MR) is 76.2 cm³/mol. The fourth-order valence-electron chi connectivity index (χ4n) is 2.60. The first kappa shape index (κ1) is 15.0. The minimum absolute atomic E-state index is 0.0335. The van der Waals surface area contributed by atoms with Gasteiger partial charge in [0.25, 0.3) is 0 Å². The summed E-state index contributed by atoms with van der Waals surface area (Å²) in [6, 6.07) is 0.158. The van der Waals surface area contributed by atoms with Crippen molar-refractivity contribution in [3.63, 3.8) is 0 Å². The van der Waals surface area contributed by atoms with Crippen LogP contribution in [0.1, 0.15) is 32.1 Å². The van der Waals surface area contributed by atoms with Crippen LogP contribution in [0.25, 0.3) is 0 Å². The molecule has 1 aromatic heterocycles. The Balaban J connectivity index is 2.02. The number of likely N-dealkylation sites (N-methyl/N-ethyl adjacent to an activating group) is 1. The number of ether oxygens (including phenoxy) is 1. The van der Waals surface area contributed by atoms with Gasteiger partial charge in [0.1, 0.15) is 5.82 Å². The van der Waals surface area contributed by atoms with E-state index in [-0.39, 0.29) is 18.1 Å². The lowest BCUT2D eigenvalue weighted by molar-refractivity contribution is -0.136. The first-order valence-electron chi connectivity index (χ1n) is 7.19. The van der Waals surface area contributed by atoms with E-state index in [1.165, 1.54) is 0 Å². The molecule has 1 saturated heterocycles. The maximum Gasteiger partial charge on any atom is 0.225 e. The van der Waals surface area contributed by atoms with Gasteiger partial charge in [-0.05, 0) is 13.5 Å². The molecule has 1 fully saturated rings. The summed E-state index contributed by atoms with van der Waals surface area (Å²) in [6.07, 6.45) is 4.00. The molecule has 2 rings (SSSR count). The molecule has 0 saturated carbocycles. The van der Waals surface area contributed by atoms with Crippen LogP contribution in [-0.4, -0.2) is 65.1 Å². The van der Waals surface area contributed by atoms with E-state index in [9.17, 15) is 4.79 Å². The van der Waals surface area contributed by atoms with E-state index in [4.69, 9.17) is 4.74 Å². The average Bonchev–Trinajstić information content (AvgIpc) is 3.00. The summed E-state index contributed by atoms with van der Waals surface area (Å²) in [6.45, 7) is 7.37. The Hall–Kier alpha value is -1.40. The second kappa shape index (κ2) is 6.85. The molecule has 0 aliphatic carbocycles. The smallest absolute Gasteiger partial charge is 0.225 e. The van der Waals surface area contributed by atoms with Crippen LogP contribution in [0.15, 0.2) is 12.4 Å². The van der Waals surface area contributed by atoms with Crippen LogP contribution in [0.3, 0.4) is 0 Å². The van der Waals surface area contributed by atoms with Crippen molar-refractivity contribution < 1.29 is 9.53 Å². The molecule has 6 nitrogen and oxygen atoms in total. The summed E-state index contributed by atoms with van der Waals surface area (Å²) in [7, 11) is 1.64. The lowest BCUT2D eigenvalue weighted by atomic mass is 10.1. The highest BCUT2D eigenvalue weighted by molar-refractivity contribution is 5.76. The Morgan fingerprint density at radius 1 is 1.60 bits per heavy atom. The molecule has 2 atom stereocenters. The number of imidazole rings is 1. The van der Waals surface area contributed by atoms with Crippen LogP contribution in [0.2, 0.25) is 0 Å². The van der Waals surface area contributed by atoms with Crippen LogP contribution in [0.5, 0.6) is 0 Å². The van der Waals surface area contributed by atoms with Crippen LogP contribution in [0.4, 0.5) is 0 Å². The van der Waals surface area contributed by atoms with Gasteiger partial charge in [-0.1, -0.05) is 6.92 Å². The van der Waals surface area contributed by atoms with E-state index in [0.717, 1.165) is 25.5 Å². The van der Waals surface area contributed by atoms with Crippen molar-refractivity contribution in [2.24, 2.45) is 0 Å². The van der Waals surface area contributed by atoms with Gasteiger partial charge in [0.05, 0.1) is 18.6 Å². The van der Waals surface area contributed by atoms with E-state index in [0.29, 0.717) is 13.0 Å². The minimum Gasteiger partial charge on any atom is -0.381 e. The molecule has 112 valence electrons. The van der Waals surface area contributed by atoms with E-state index < -0.39 is 0 Å². The van der Waals surface area contributed by atoms with Crippen molar-refractivity contribution in [2.75, 3.05) is 33.3 Å². The van der Waals surface area contributed by atoms with E-state index in [1.807, 2.05) is 18.0 Å². The van der Waals surface area contributed by atoms with E-state index in [1.54, 1.807) is 13.3 Å². The lowest BCUT2D eigenvalue weighted by Gasteiger charge is -2.40. The van der Waals surface area contributed by atoms with E-state index >= 15 is 0 Å². The normalized spacial score (nSPS) is 21.9. The largest absolute Gasteiger partial charge is 0.381 e. The van der Waals surface area contributed by atoms with Gasteiger partial charge < -0.3 is 14.6 Å². The Morgan fingerprint density at radius 3 is 3.00 bits per heavy atom. The van der Waals surface area contributed by atoms with Crippen molar-refractivity contribution in [1.82, 2.24) is 19.8 Å². The third-order valence-electron chi connectivity index (χ3n) is 3.95. The standard InChI is InChI=1S/C14H24N4O2/c1-4-17-7-8-18(13(19)9-11(2)20-3)10-12(17)14-15-5-6-16-14/h5-6,11-12H,4,7-10H2,1-3H3,(H,15,16)/t11-,12-/m0/s1. The average molecular weight is 280 g/mol. The van der Waals surface area contributed by atoms with Crippen LogP contribution in [0, 0.1) is 0 Å². The van der Waals surface area contributed by atoms with Crippen LogP contribution >= 0.6 is 0 Å². The van der Waals surface area contributed by atoms with Crippen molar-refractivity contribution in [1.29, 1.82) is 0 Å². The molecule has 0 aromatic carbocycles. The Morgan fingerprint density at radius 2 is 2.40 bits per heavy atom. The maximum absolute atomic E-state index is 12.3.